The summed E-state index contributed by atoms with van der Waals surface area (Å²) in [4.78, 5) is 0. The van der Waals surface area contributed by atoms with Crippen LogP contribution in [0.5, 0.6) is 0 Å². The van der Waals surface area contributed by atoms with Gasteiger partial charge in [0.15, 0.2) is 5.82 Å². The fraction of sp³-hybridized carbons (Fsp3) is 0.333. The summed E-state index contributed by atoms with van der Waals surface area (Å²) in [5.74, 6) is 2.03. The van der Waals surface area contributed by atoms with E-state index in [4.69, 9.17) is 4.42 Å². The Kier molecular flexibility index (Phi) is 1.30. The number of aromatic nitrogens is 3. The van der Waals surface area contributed by atoms with Gasteiger partial charge in [-0.2, -0.15) is 0 Å². The van der Waals surface area contributed by atoms with E-state index in [0.29, 0.717) is 0 Å². The minimum Gasteiger partial charge on any atom is -0.472 e. The largest absolute Gasteiger partial charge is 0.472 e. The van der Waals surface area contributed by atoms with Gasteiger partial charge < -0.3 is 8.98 Å². The first kappa shape index (κ1) is 6.88. The highest BCUT2D eigenvalue weighted by Crippen LogP contribution is 2.22. The van der Waals surface area contributed by atoms with Crippen molar-refractivity contribution in [3.63, 3.8) is 0 Å². The van der Waals surface area contributed by atoms with Gasteiger partial charge >= 0.3 is 0 Å². The Labute approximate surface area is 75.2 Å². The van der Waals surface area contributed by atoms with Crippen molar-refractivity contribution in [1.29, 1.82) is 0 Å². The Hall–Kier alpha value is -1.58. The molecular weight excluding hydrogens is 166 g/mol. The number of aryl methyl sites for hydroxylation is 1. The summed E-state index contributed by atoms with van der Waals surface area (Å²) in [5.41, 5.74) is 1.01. The molecule has 0 amide bonds. The van der Waals surface area contributed by atoms with Crippen LogP contribution >= 0.6 is 0 Å². The molecule has 0 aromatic carbocycles. The Morgan fingerprint density at radius 1 is 1.38 bits per heavy atom. The molecule has 4 heteroatoms. The molecule has 0 fully saturated rings. The van der Waals surface area contributed by atoms with Crippen molar-refractivity contribution in [2.24, 2.45) is 0 Å². The molecule has 0 N–H and O–H groups in total. The van der Waals surface area contributed by atoms with Crippen molar-refractivity contribution < 1.29 is 4.42 Å². The number of rotatable bonds is 1. The van der Waals surface area contributed by atoms with Crippen LogP contribution in [0.2, 0.25) is 0 Å². The third-order valence-electron chi connectivity index (χ3n) is 2.39. The maximum atomic E-state index is 5.02. The average Bonchev–Trinajstić information content (AvgIpc) is 2.79. The SMILES string of the molecule is c1cc(-c2nnc3n2CCC3)co1. The van der Waals surface area contributed by atoms with Gasteiger partial charge in [0.05, 0.1) is 11.8 Å². The standard InChI is InChI=1S/C9H9N3O/c1-2-8-10-11-9(12(8)4-1)7-3-5-13-6-7/h3,5-6H,1-2,4H2. The third-order valence-corrected chi connectivity index (χ3v) is 2.39. The number of furan rings is 1. The zero-order valence-corrected chi connectivity index (χ0v) is 7.10. The first-order chi connectivity index (χ1) is 6.45. The molecule has 0 radical (unpaired) electrons. The van der Waals surface area contributed by atoms with Gasteiger partial charge in [0.1, 0.15) is 12.1 Å². The molecule has 3 rings (SSSR count). The van der Waals surface area contributed by atoms with E-state index in [1.165, 1.54) is 6.42 Å². The highest BCUT2D eigenvalue weighted by atomic mass is 16.3. The lowest BCUT2D eigenvalue weighted by Crippen LogP contribution is -1.94. The lowest BCUT2D eigenvalue weighted by Gasteiger charge is -1.97. The van der Waals surface area contributed by atoms with E-state index in [0.717, 1.165) is 30.2 Å². The van der Waals surface area contributed by atoms with Crippen LogP contribution < -0.4 is 0 Å². The second-order valence-corrected chi connectivity index (χ2v) is 3.21. The highest BCUT2D eigenvalue weighted by Gasteiger charge is 2.18. The zero-order chi connectivity index (χ0) is 8.67. The second kappa shape index (κ2) is 2.45. The normalized spacial score (nSPS) is 14.8. The van der Waals surface area contributed by atoms with Gasteiger partial charge in [0.2, 0.25) is 0 Å². The van der Waals surface area contributed by atoms with Gasteiger partial charge in [-0.25, -0.2) is 0 Å². The molecule has 0 saturated carbocycles. The van der Waals surface area contributed by atoms with Crippen LogP contribution in [0.25, 0.3) is 11.4 Å². The Bertz CT molecular complexity index is 416. The smallest absolute Gasteiger partial charge is 0.167 e. The van der Waals surface area contributed by atoms with E-state index in [-0.39, 0.29) is 0 Å². The van der Waals surface area contributed by atoms with Crippen LogP contribution in [0.3, 0.4) is 0 Å². The monoisotopic (exact) mass is 175 g/mol. The highest BCUT2D eigenvalue weighted by molar-refractivity contribution is 5.53. The van der Waals surface area contributed by atoms with E-state index in [1.807, 2.05) is 6.07 Å². The molecule has 2 aromatic rings. The van der Waals surface area contributed by atoms with Gasteiger partial charge in [-0.3, -0.25) is 0 Å². The summed E-state index contributed by atoms with van der Waals surface area (Å²) in [6, 6.07) is 1.91. The molecule has 4 nitrogen and oxygen atoms in total. The third kappa shape index (κ3) is 0.915. The molecular formula is C9H9N3O. The average molecular weight is 175 g/mol. The van der Waals surface area contributed by atoms with E-state index >= 15 is 0 Å². The Morgan fingerprint density at radius 2 is 2.38 bits per heavy atom. The summed E-state index contributed by atoms with van der Waals surface area (Å²) in [5, 5.41) is 8.26. The van der Waals surface area contributed by atoms with E-state index in [9.17, 15) is 0 Å². The van der Waals surface area contributed by atoms with Crippen LogP contribution in [0, 0.1) is 0 Å². The molecule has 1 aliphatic heterocycles. The van der Waals surface area contributed by atoms with Crippen molar-refractivity contribution >= 4 is 0 Å². The number of hydrogen-bond acceptors (Lipinski definition) is 3. The van der Waals surface area contributed by atoms with Crippen molar-refractivity contribution in [2.75, 3.05) is 0 Å². The lowest BCUT2D eigenvalue weighted by molar-refractivity contribution is 0.567. The minimum absolute atomic E-state index is 0.932. The summed E-state index contributed by atoms with van der Waals surface area (Å²) >= 11 is 0. The number of nitrogens with zero attached hydrogens (tertiary/aromatic N) is 3. The van der Waals surface area contributed by atoms with E-state index in [1.54, 1.807) is 12.5 Å². The second-order valence-electron chi connectivity index (χ2n) is 3.21. The molecule has 0 aliphatic carbocycles. The lowest BCUT2D eigenvalue weighted by atomic mass is 10.3. The topological polar surface area (TPSA) is 43.9 Å². The molecule has 1 aliphatic rings. The van der Waals surface area contributed by atoms with Crippen LogP contribution in [0.1, 0.15) is 12.2 Å². The molecule has 0 spiro atoms. The maximum Gasteiger partial charge on any atom is 0.167 e. The Balaban J connectivity index is 2.16. The molecule has 66 valence electrons. The van der Waals surface area contributed by atoms with Gasteiger partial charge in [-0.15, -0.1) is 10.2 Å². The van der Waals surface area contributed by atoms with Crippen LogP contribution in [0.15, 0.2) is 23.0 Å². The molecule has 0 atom stereocenters. The first-order valence-corrected chi connectivity index (χ1v) is 4.40. The molecule has 0 saturated heterocycles. The molecule has 0 bridgehead atoms. The minimum atomic E-state index is 0.932. The predicted octanol–water partition coefficient (Wildman–Crippen LogP) is 1.48. The molecule has 2 aromatic heterocycles. The first-order valence-electron chi connectivity index (χ1n) is 4.40. The van der Waals surface area contributed by atoms with Crippen LogP contribution in [-0.4, -0.2) is 14.8 Å². The predicted molar refractivity (Wildman–Crippen MR) is 46.0 cm³/mol. The fourth-order valence-electron chi connectivity index (χ4n) is 1.76. The number of hydrogen-bond donors (Lipinski definition) is 0. The van der Waals surface area contributed by atoms with Crippen LogP contribution in [0.4, 0.5) is 0 Å². The quantitative estimate of drug-likeness (QED) is 0.659. The summed E-state index contributed by atoms with van der Waals surface area (Å²) < 4.78 is 7.17. The van der Waals surface area contributed by atoms with Crippen molar-refractivity contribution in [2.45, 2.75) is 19.4 Å². The van der Waals surface area contributed by atoms with Crippen molar-refractivity contribution in [3.8, 4) is 11.4 Å². The zero-order valence-electron chi connectivity index (χ0n) is 7.10. The molecule has 0 unspecified atom stereocenters. The summed E-state index contributed by atoms with van der Waals surface area (Å²) in [7, 11) is 0. The van der Waals surface area contributed by atoms with Crippen LogP contribution in [-0.2, 0) is 13.0 Å². The van der Waals surface area contributed by atoms with E-state index < -0.39 is 0 Å². The van der Waals surface area contributed by atoms with Crippen molar-refractivity contribution in [1.82, 2.24) is 14.8 Å². The van der Waals surface area contributed by atoms with Crippen molar-refractivity contribution in [3.05, 3.63) is 24.4 Å². The Morgan fingerprint density at radius 3 is 3.23 bits per heavy atom. The molecule has 3 heterocycles. The summed E-state index contributed by atoms with van der Waals surface area (Å²) in [6.45, 7) is 1.03. The molecule has 13 heavy (non-hydrogen) atoms. The fourth-order valence-corrected chi connectivity index (χ4v) is 1.76. The van der Waals surface area contributed by atoms with Gasteiger partial charge in [0, 0.05) is 13.0 Å². The van der Waals surface area contributed by atoms with Gasteiger partial charge in [-0.05, 0) is 12.5 Å². The summed E-state index contributed by atoms with van der Waals surface area (Å²) in [6.07, 6.45) is 5.59. The van der Waals surface area contributed by atoms with E-state index in [2.05, 4.69) is 14.8 Å². The maximum absolute atomic E-state index is 5.02. The van der Waals surface area contributed by atoms with Gasteiger partial charge in [0.25, 0.3) is 0 Å². The van der Waals surface area contributed by atoms with Gasteiger partial charge in [-0.1, -0.05) is 0 Å². The number of fused-ring (bicyclic) bond motifs is 1.